The number of nitrogens with one attached hydrogen (secondary N) is 1. The lowest BCUT2D eigenvalue weighted by Crippen LogP contribution is -2.33. The van der Waals surface area contributed by atoms with Crippen LogP contribution in [0.25, 0.3) is 10.4 Å². The average molecular weight is 801 g/mol. The molecule has 0 radical (unpaired) electrons. The van der Waals surface area contributed by atoms with E-state index >= 15 is 0 Å². The number of hydrogen-bond acceptors (Lipinski definition) is 15. The minimum Gasteiger partial charge on any atom is -0.466 e. The number of aromatic amines is 1. The van der Waals surface area contributed by atoms with Crippen LogP contribution in [0.4, 0.5) is 0 Å². The first-order valence-corrected chi connectivity index (χ1v) is 20.0. The fourth-order valence-corrected chi connectivity index (χ4v) is 5.89. The molecule has 1 unspecified atom stereocenters. The number of carbonyl (C=O) groups is 4. The predicted molar refractivity (Wildman–Crippen MR) is 196 cm³/mol. The summed E-state index contributed by atoms with van der Waals surface area (Å²) in [6.07, 6.45) is 6.31. The molecule has 0 spiro atoms. The number of aromatic nitrogens is 2. The molecular formula is C35H55N5O14P+. The van der Waals surface area contributed by atoms with Gasteiger partial charge in [-0.15, -0.1) is 9.05 Å². The number of H-pyrrole nitrogens is 1. The predicted octanol–water partition coefficient (Wildman–Crippen LogP) is 5.54. The van der Waals surface area contributed by atoms with Crippen LogP contribution in [0.15, 0.2) is 20.9 Å². The zero-order chi connectivity index (χ0) is 40.4. The van der Waals surface area contributed by atoms with Gasteiger partial charge in [-0.3, -0.25) is 33.5 Å². The Morgan fingerprint density at radius 1 is 0.873 bits per heavy atom. The molecule has 1 aliphatic rings. The van der Waals surface area contributed by atoms with Gasteiger partial charge in [0, 0.05) is 40.5 Å². The van der Waals surface area contributed by atoms with Crippen molar-refractivity contribution in [1.29, 1.82) is 0 Å². The van der Waals surface area contributed by atoms with Crippen LogP contribution in [0.1, 0.15) is 122 Å². The molecule has 308 valence electrons. The normalized spacial score (nSPS) is 16.7. The maximum absolute atomic E-state index is 12.4. The standard InChI is InChI=1S/C35H54N5O14P/c1-4-6-10-14-30(41)49-22-26(23-50-31(42)15-11-7-5-2)53-33(44)17-16-32(43)48-18-12-8-9-13-19-51-55(47)52-24-28-27(38-39-36)20-29(54-28)40-21-25(3)34(45)37-35(40)46/h21,26-29H,4-20,22-24H2,1-3H3/p+1/t27-,28+,29+/m0/s1. The Balaban J connectivity index is 1.61. The number of hydrogen-bond donors (Lipinski definition) is 1. The van der Waals surface area contributed by atoms with Crippen molar-refractivity contribution >= 4 is 32.1 Å². The number of rotatable bonds is 29. The second-order valence-corrected chi connectivity index (χ2v) is 14.0. The Morgan fingerprint density at radius 3 is 2.09 bits per heavy atom. The van der Waals surface area contributed by atoms with Gasteiger partial charge in [0.2, 0.25) is 0 Å². The lowest BCUT2D eigenvalue weighted by Gasteiger charge is -2.18. The van der Waals surface area contributed by atoms with Gasteiger partial charge >= 0.3 is 37.8 Å². The number of ether oxygens (including phenoxy) is 5. The minimum absolute atomic E-state index is 0.133. The fraction of sp³-hybridized carbons (Fsp3) is 0.771. The maximum atomic E-state index is 12.4. The van der Waals surface area contributed by atoms with E-state index in [2.05, 4.69) is 15.0 Å². The molecule has 1 N–H and O–H groups in total. The maximum Gasteiger partial charge on any atom is 0.697 e. The van der Waals surface area contributed by atoms with E-state index in [-0.39, 0.29) is 65.1 Å². The molecule has 2 heterocycles. The summed E-state index contributed by atoms with van der Waals surface area (Å²) in [4.78, 5) is 77.6. The summed E-state index contributed by atoms with van der Waals surface area (Å²) in [5.74, 6) is -2.18. The van der Waals surface area contributed by atoms with E-state index in [0.29, 0.717) is 44.1 Å². The van der Waals surface area contributed by atoms with Crippen LogP contribution in [0.2, 0.25) is 0 Å². The molecule has 1 aliphatic heterocycles. The number of nitrogens with zero attached hydrogens (tertiary/aromatic N) is 4. The molecule has 0 aromatic carbocycles. The molecule has 4 atom stereocenters. The number of azide groups is 1. The largest absolute Gasteiger partial charge is 0.697 e. The summed E-state index contributed by atoms with van der Waals surface area (Å²) in [6.45, 7) is 5.08. The van der Waals surface area contributed by atoms with Crippen molar-refractivity contribution in [3.8, 4) is 0 Å². The van der Waals surface area contributed by atoms with Gasteiger partial charge < -0.3 is 23.7 Å². The first kappa shape index (κ1) is 47.0. The molecule has 20 heteroatoms. The summed E-state index contributed by atoms with van der Waals surface area (Å²) in [7, 11) is -2.51. The number of carbonyl (C=O) groups excluding carboxylic acids is 4. The lowest BCUT2D eigenvalue weighted by molar-refractivity contribution is -0.167. The van der Waals surface area contributed by atoms with Gasteiger partial charge in [0.05, 0.1) is 31.6 Å². The van der Waals surface area contributed by atoms with Crippen LogP contribution < -0.4 is 11.2 Å². The third kappa shape index (κ3) is 19.8. The van der Waals surface area contributed by atoms with Crippen molar-refractivity contribution in [2.75, 3.05) is 33.0 Å². The summed E-state index contributed by atoms with van der Waals surface area (Å²) in [5.41, 5.74) is 8.03. The highest BCUT2D eigenvalue weighted by atomic mass is 31.1. The van der Waals surface area contributed by atoms with Gasteiger partial charge in [-0.05, 0) is 44.6 Å². The third-order valence-corrected chi connectivity index (χ3v) is 9.12. The molecule has 0 saturated carbocycles. The topological polar surface area (TPSA) is 254 Å². The van der Waals surface area contributed by atoms with Crippen LogP contribution in [-0.4, -0.2) is 84.7 Å². The highest BCUT2D eigenvalue weighted by Gasteiger charge is 2.39. The van der Waals surface area contributed by atoms with Gasteiger partial charge in [0.15, 0.2) is 6.10 Å². The SMILES string of the molecule is CCCCCC(=O)OCC(COC(=O)CCCCC)OC(=O)CCC(=O)OCCCCCCO[P+](=O)OC[C@H]1O[C@@H](n2cc(C)c(=O)[nH]c2=O)C[C@@H]1N=[N+]=[N-]. The van der Waals surface area contributed by atoms with E-state index in [1.165, 1.54) is 17.7 Å². The van der Waals surface area contributed by atoms with Crippen LogP contribution in [0.3, 0.4) is 0 Å². The van der Waals surface area contributed by atoms with Gasteiger partial charge in [-0.2, -0.15) is 0 Å². The molecule has 19 nitrogen and oxygen atoms in total. The summed E-state index contributed by atoms with van der Waals surface area (Å²) in [6, 6.07) is -0.710. The Morgan fingerprint density at radius 2 is 1.47 bits per heavy atom. The zero-order valence-corrected chi connectivity index (χ0v) is 32.9. The van der Waals surface area contributed by atoms with Gasteiger partial charge in [0.25, 0.3) is 5.56 Å². The van der Waals surface area contributed by atoms with Gasteiger partial charge in [-0.1, -0.05) is 51.1 Å². The summed E-state index contributed by atoms with van der Waals surface area (Å²) in [5, 5.41) is 3.69. The van der Waals surface area contributed by atoms with Gasteiger partial charge in [0.1, 0.15) is 32.7 Å². The Hall–Kier alpha value is -4.15. The summed E-state index contributed by atoms with van der Waals surface area (Å²) < 4.78 is 50.8. The molecule has 0 bridgehead atoms. The van der Waals surface area contributed by atoms with Crippen molar-refractivity contribution in [3.05, 3.63) is 43.0 Å². The van der Waals surface area contributed by atoms with Crippen molar-refractivity contribution in [3.63, 3.8) is 0 Å². The number of aryl methyl sites for hydroxylation is 1. The fourth-order valence-electron chi connectivity index (χ4n) is 5.27. The molecule has 1 saturated heterocycles. The molecule has 1 fully saturated rings. The molecule has 0 aliphatic carbocycles. The number of unbranched alkanes of at least 4 members (excludes halogenated alkanes) is 7. The van der Waals surface area contributed by atoms with E-state index in [0.717, 1.165) is 25.7 Å². The molecular weight excluding hydrogens is 745 g/mol. The summed E-state index contributed by atoms with van der Waals surface area (Å²) >= 11 is 0. The Kier molecular flexibility index (Phi) is 23.4. The van der Waals surface area contributed by atoms with E-state index < -0.39 is 67.9 Å². The molecule has 1 aromatic heterocycles. The quantitative estimate of drug-likeness (QED) is 0.0198. The molecule has 0 amide bonds. The van der Waals surface area contributed by atoms with E-state index in [9.17, 15) is 33.3 Å². The van der Waals surface area contributed by atoms with E-state index in [1.807, 2.05) is 13.8 Å². The van der Waals surface area contributed by atoms with Crippen molar-refractivity contribution in [1.82, 2.24) is 9.55 Å². The van der Waals surface area contributed by atoms with Crippen LogP contribution >= 0.6 is 8.25 Å². The van der Waals surface area contributed by atoms with Crippen LogP contribution in [-0.2, 0) is 56.5 Å². The van der Waals surface area contributed by atoms with E-state index in [4.69, 9.17) is 38.3 Å². The smallest absolute Gasteiger partial charge is 0.466 e. The van der Waals surface area contributed by atoms with E-state index in [1.54, 1.807) is 0 Å². The minimum atomic E-state index is -2.51. The second-order valence-electron chi connectivity index (χ2n) is 13.0. The van der Waals surface area contributed by atoms with Gasteiger partial charge in [-0.25, -0.2) is 4.79 Å². The Labute approximate surface area is 320 Å². The first-order chi connectivity index (χ1) is 26.5. The zero-order valence-electron chi connectivity index (χ0n) is 32.0. The van der Waals surface area contributed by atoms with Crippen molar-refractivity contribution in [2.24, 2.45) is 5.11 Å². The number of esters is 4. The average Bonchev–Trinajstić information content (AvgIpc) is 3.55. The highest BCUT2D eigenvalue weighted by molar-refractivity contribution is 7.33. The molecule has 2 rings (SSSR count). The van der Waals surface area contributed by atoms with Crippen LogP contribution in [0, 0.1) is 6.92 Å². The monoisotopic (exact) mass is 800 g/mol. The third-order valence-electron chi connectivity index (χ3n) is 8.36. The molecule has 55 heavy (non-hydrogen) atoms. The molecule has 1 aromatic rings. The highest BCUT2D eigenvalue weighted by Crippen LogP contribution is 2.33. The van der Waals surface area contributed by atoms with Crippen molar-refractivity contribution in [2.45, 2.75) is 142 Å². The Bertz CT molecular complexity index is 1520. The first-order valence-electron chi connectivity index (χ1n) is 18.9. The van der Waals surface area contributed by atoms with Crippen LogP contribution in [0.5, 0.6) is 0 Å². The van der Waals surface area contributed by atoms with Crippen molar-refractivity contribution < 1.29 is 56.5 Å². The lowest BCUT2D eigenvalue weighted by atomic mass is 10.1. The second kappa shape index (κ2) is 27.4.